The molecule has 1 aliphatic rings. The minimum atomic E-state index is -0.158. The maximum absolute atomic E-state index is 12.5. The minimum absolute atomic E-state index is 0.158. The summed E-state index contributed by atoms with van der Waals surface area (Å²) in [5.41, 5.74) is 2.85. The van der Waals surface area contributed by atoms with Gasteiger partial charge < -0.3 is 9.55 Å². The van der Waals surface area contributed by atoms with Crippen molar-refractivity contribution in [1.82, 2.24) is 19.3 Å². The number of aryl methyl sites for hydroxylation is 1. The standard InChI is InChI=1S/C17H17N5O/c1-21-9-12(8-20-21)14-10-22(13-4-2-3-5-13)16-11(6-18)7-19-17(23)15(14)16/h7-10,13H,2-5H2,1H3,(H,19,23). The number of hydrogen-bond acceptors (Lipinski definition) is 3. The number of fused-ring (bicyclic) bond motifs is 1. The molecule has 116 valence electrons. The van der Waals surface area contributed by atoms with Crippen molar-refractivity contribution in [2.24, 2.45) is 7.05 Å². The Bertz CT molecular complexity index is 979. The summed E-state index contributed by atoms with van der Waals surface area (Å²) >= 11 is 0. The molecule has 0 spiro atoms. The van der Waals surface area contributed by atoms with E-state index in [1.165, 1.54) is 19.0 Å². The number of nitriles is 1. The van der Waals surface area contributed by atoms with E-state index in [9.17, 15) is 10.1 Å². The quantitative estimate of drug-likeness (QED) is 0.790. The lowest BCUT2D eigenvalue weighted by atomic mass is 10.1. The number of hydrogen-bond donors (Lipinski definition) is 1. The van der Waals surface area contributed by atoms with Crippen molar-refractivity contribution in [3.63, 3.8) is 0 Å². The third-order valence-electron chi connectivity index (χ3n) is 4.72. The van der Waals surface area contributed by atoms with Crippen LogP contribution < -0.4 is 5.56 Å². The van der Waals surface area contributed by atoms with Crippen LogP contribution in [0.15, 0.2) is 29.6 Å². The number of nitrogens with one attached hydrogen (secondary N) is 1. The second-order valence-corrected chi connectivity index (χ2v) is 6.16. The monoisotopic (exact) mass is 307 g/mol. The van der Waals surface area contributed by atoms with Gasteiger partial charge in [-0.2, -0.15) is 10.4 Å². The molecule has 23 heavy (non-hydrogen) atoms. The minimum Gasteiger partial charge on any atom is -0.342 e. The lowest BCUT2D eigenvalue weighted by Gasteiger charge is -2.13. The molecular formula is C17H17N5O. The maximum atomic E-state index is 12.5. The molecule has 6 nitrogen and oxygen atoms in total. The maximum Gasteiger partial charge on any atom is 0.258 e. The van der Waals surface area contributed by atoms with E-state index in [-0.39, 0.29) is 5.56 Å². The van der Waals surface area contributed by atoms with Crippen LogP contribution in [0.2, 0.25) is 0 Å². The van der Waals surface area contributed by atoms with Gasteiger partial charge in [0.25, 0.3) is 5.56 Å². The number of pyridine rings is 1. The molecule has 1 N–H and O–H groups in total. The van der Waals surface area contributed by atoms with Crippen molar-refractivity contribution < 1.29 is 0 Å². The molecule has 1 fully saturated rings. The van der Waals surface area contributed by atoms with Crippen molar-refractivity contribution in [1.29, 1.82) is 5.26 Å². The Morgan fingerprint density at radius 3 is 2.78 bits per heavy atom. The van der Waals surface area contributed by atoms with E-state index in [1.54, 1.807) is 10.9 Å². The molecule has 1 aliphatic carbocycles. The van der Waals surface area contributed by atoms with Gasteiger partial charge in [0, 0.05) is 42.8 Å². The number of aromatic nitrogens is 4. The van der Waals surface area contributed by atoms with Gasteiger partial charge in [-0.1, -0.05) is 12.8 Å². The van der Waals surface area contributed by atoms with E-state index >= 15 is 0 Å². The predicted octanol–water partition coefficient (Wildman–Crippen LogP) is 2.72. The zero-order valence-electron chi connectivity index (χ0n) is 12.9. The third kappa shape index (κ3) is 2.08. The molecule has 0 aliphatic heterocycles. The first-order chi connectivity index (χ1) is 11.2. The van der Waals surface area contributed by atoms with Crippen molar-refractivity contribution in [2.75, 3.05) is 0 Å². The Labute approximate surface area is 133 Å². The summed E-state index contributed by atoms with van der Waals surface area (Å²) in [6.45, 7) is 0. The summed E-state index contributed by atoms with van der Waals surface area (Å²) in [7, 11) is 1.85. The smallest absolute Gasteiger partial charge is 0.258 e. The Morgan fingerprint density at radius 1 is 1.35 bits per heavy atom. The number of H-pyrrole nitrogens is 1. The van der Waals surface area contributed by atoms with Gasteiger partial charge in [0.1, 0.15) is 6.07 Å². The summed E-state index contributed by atoms with van der Waals surface area (Å²) in [5.74, 6) is 0. The van der Waals surface area contributed by atoms with Crippen molar-refractivity contribution in [3.8, 4) is 17.2 Å². The Morgan fingerprint density at radius 2 is 2.13 bits per heavy atom. The molecule has 3 heterocycles. The van der Waals surface area contributed by atoms with Crippen molar-refractivity contribution in [3.05, 3.63) is 40.7 Å². The Kier molecular flexibility index (Phi) is 3.08. The van der Waals surface area contributed by atoms with Crippen LogP contribution in [-0.2, 0) is 7.05 Å². The SMILES string of the molecule is Cn1cc(-c2cn(C3CCCC3)c3c(C#N)c[nH]c(=O)c23)cn1. The van der Waals surface area contributed by atoms with Gasteiger partial charge in [0.05, 0.1) is 22.7 Å². The highest BCUT2D eigenvalue weighted by atomic mass is 16.1. The molecule has 3 aromatic rings. The lowest BCUT2D eigenvalue weighted by molar-refractivity contribution is 0.535. The van der Waals surface area contributed by atoms with Crippen LogP contribution in [0, 0.1) is 11.3 Å². The molecule has 0 aromatic carbocycles. The van der Waals surface area contributed by atoms with E-state index in [0.717, 1.165) is 29.5 Å². The predicted molar refractivity (Wildman–Crippen MR) is 87.0 cm³/mol. The largest absolute Gasteiger partial charge is 0.342 e. The molecule has 3 aromatic heterocycles. The molecule has 0 radical (unpaired) electrons. The molecule has 0 unspecified atom stereocenters. The van der Waals surface area contributed by atoms with Gasteiger partial charge >= 0.3 is 0 Å². The van der Waals surface area contributed by atoms with Crippen molar-refractivity contribution >= 4 is 10.9 Å². The van der Waals surface area contributed by atoms with E-state index in [4.69, 9.17) is 0 Å². The molecule has 0 bridgehead atoms. The number of rotatable bonds is 2. The molecular weight excluding hydrogens is 290 g/mol. The highest BCUT2D eigenvalue weighted by Crippen LogP contribution is 2.37. The average molecular weight is 307 g/mol. The fourth-order valence-electron chi connectivity index (χ4n) is 3.64. The number of aromatic amines is 1. The highest BCUT2D eigenvalue weighted by Gasteiger charge is 2.24. The lowest BCUT2D eigenvalue weighted by Crippen LogP contribution is -2.09. The van der Waals surface area contributed by atoms with Crippen LogP contribution in [-0.4, -0.2) is 19.3 Å². The summed E-state index contributed by atoms with van der Waals surface area (Å²) in [6.07, 6.45) is 11.8. The van der Waals surface area contributed by atoms with Gasteiger partial charge in [-0.05, 0) is 12.8 Å². The van der Waals surface area contributed by atoms with Gasteiger partial charge in [-0.3, -0.25) is 9.48 Å². The van der Waals surface area contributed by atoms with Crippen LogP contribution in [0.5, 0.6) is 0 Å². The molecule has 1 saturated carbocycles. The van der Waals surface area contributed by atoms with Crippen LogP contribution in [0.4, 0.5) is 0 Å². The Hall–Kier alpha value is -2.81. The summed E-state index contributed by atoms with van der Waals surface area (Å²) in [6, 6.07) is 2.58. The van der Waals surface area contributed by atoms with Gasteiger partial charge in [0.15, 0.2) is 0 Å². The zero-order valence-corrected chi connectivity index (χ0v) is 12.9. The Balaban J connectivity index is 2.08. The van der Waals surface area contributed by atoms with E-state index in [2.05, 4.69) is 20.7 Å². The third-order valence-corrected chi connectivity index (χ3v) is 4.72. The van der Waals surface area contributed by atoms with E-state index in [0.29, 0.717) is 17.0 Å². The second kappa shape index (κ2) is 5.13. The average Bonchev–Trinajstić information content (AvgIpc) is 3.25. The first-order valence-electron chi connectivity index (χ1n) is 7.84. The fourth-order valence-corrected chi connectivity index (χ4v) is 3.64. The second-order valence-electron chi connectivity index (χ2n) is 6.16. The summed E-state index contributed by atoms with van der Waals surface area (Å²) in [5, 5.41) is 14.3. The first kappa shape index (κ1) is 13.8. The zero-order chi connectivity index (χ0) is 16.0. The van der Waals surface area contributed by atoms with Crippen LogP contribution >= 0.6 is 0 Å². The first-order valence-corrected chi connectivity index (χ1v) is 7.84. The van der Waals surface area contributed by atoms with Crippen molar-refractivity contribution in [2.45, 2.75) is 31.7 Å². The summed E-state index contributed by atoms with van der Waals surface area (Å²) in [4.78, 5) is 15.2. The fraction of sp³-hybridized carbons (Fsp3) is 0.353. The van der Waals surface area contributed by atoms with Gasteiger partial charge in [-0.15, -0.1) is 0 Å². The topological polar surface area (TPSA) is 79.4 Å². The molecule has 0 atom stereocenters. The molecule has 0 amide bonds. The van der Waals surface area contributed by atoms with E-state index < -0.39 is 0 Å². The summed E-state index contributed by atoms with van der Waals surface area (Å²) < 4.78 is 3.86. The molecule has 6 heteroatoms. The van der Waals surface area contributed by atoms with Gasteiger partial charge in [0.2, 0.25) is 0 Å². The normalized spacial score (nSPS) is 15.3. The molecule has 4 rings (SSSR count). The van der Waals surface area contributed by atoms with Crippen LogP contribution in [0.1, 0.15) is 37.3 Å². The molecule has 0 saturated heterocycles. The number of nitrogens with zero attached hydrogens (tertiary/aromatic N) is 4. The van der Waals surface area contributed by atoms with Crippen LogP contribution in [0.3, 0.4) is 0 Å². The highest BCUT2D eigenvalue weighted by molar-refractivity contribution is 5.97. The van der Waals surface area contributed by atoms with Gasteiger partial charge in [-0.25, -0.2) is 0 Å². The van der Waals surface area contributed by atoms with E-state index in [1.807, 2.05) is 19.4 Å². The van der Waals surface area contributed by atoms with Crippen LogP contribution in [0.25, 0.3) is 22.0 Å².